The van der Waals surface area contributed by atoms with Gasteiger partial charge >= 0.3 is 0 Å². The second-order valence-electron chi connectivity index (χ2n) is 5.59. The van der Waals surface area contributed by atoms with Crippen molar-refractivity contribution in [3.8, 4) is 5.75 Å². The molecule has 2 aromatic carbocycles. The second-order valence-corrected chi connectivity index (χ2v) is 6.62. The van der Waals surface area contributed by atoms with Gasteiger partial charge in [-0.2, -0.15) is 5.10 Å². The highest BCUT2D eigenvalue weighted by molar-refractivity contribution is 7.22. The van der Waals surface area contributed by atoms with Crippen LogP contribution in [-0.4, -0.2) is 29.8 Å². The topological polar surface area (TPSA) is 75.6 Å². The van der Waals surface area contributed by atoms with Crippen molar-refractivity contribution in [1.82, 2.24) is 10.4 Å². The van der Waals surface area contributed by atoms with Crippen LogP contribution in [0.25, 0.3) is 10.2 Å². The lowest BCUT2D eigenvalue weighted by Gasteiger charge is -2.10. The largest absolute Gasteiger partial charge is 0.494 e. The maximum absolute atomic E-state index is 12.2. The molecule has 0 aliphatic rings. The van der Waals surface area contributed by atoms with Crippen LogP contribution in [0.5, 0.6) is 5.75 Å². The number of hydrazone groups is 1. The predicted molar refractivity (Wildman–Crippen MR) is 106 cm³/mol. The molecule has 1 aromatic heterocycles. The van der Waals surface area contributed by atoms with Crippen LogP contribution >= 0.6 is 11.3 Å². The van der Waals surface area contributed by atoms with Crippen molar-refractivity contribution in [2.24, 2.45) is 5.10 Å². The average molecular weight is 368 g/mol. The molecule has 0 fully saturated rings. The molecule has 3 rings (SSSR count). The third kappa shape index (κ3) is 4.58. The number of fused-ring (bicyclic) bond motifs is 1. The van der Waals surface area contributed by atoms with E-state index in [0.29, 0.717) is 11.7 Å². The summed E-state index contributed by atoms with van der Waals surface area (Å²) < 4.78 is 6.47. The van der Waals surface area contributed by atoms with Gasteiger partial charge in [0, 0.05) is 0 Å². The molecule has 0 saturated carbocycles. The number of carbonyl (C=O) groups excluding carboxylic acids is 1. The van der Waals surface area contributed by atoms with Gasteiger partial charge in [-0.25, -0.2) is 10.4 Å². The van der Waals surface area contributed by atoms with Crippen LogP contribution in [0, 0.1) is 0 Å². The molecule has 1 atom stereocenters. The number of nitrogens with one attached hydrogen (secondary N) is 2. The first-order chi connectivity index (χ1) is 12.7. The van der Waals surface area contributed by atoms with E-state index in [1.807, 2.05) is 55.5 Å². The van der Waals surface area contributed by atoms with Crippen LogP contribution in [0.15, 0.2) is 53.6 Å². The maximum atomic E-state index is 12.2. The number of amides is 1. The van der Waals surface area contributed by atoms with Crippen molar-refractivity contribution in [2.75, 3.05) is 11.9 Å². The number of thiazole rings is 1. The molecule has 0 aliphatic heterocycles. The quantitative estimate of drug-likeness (QED) is 0.493. The second kappa shape index (κ2) is 8.44. The van der Waals surface area contributed by atoms with Gasteiger partial charge in [0.2, 0.25) is 0 Å². The first kappa shape index (κ1) is 17.9. The van der Waals surface area contributed by atoms with Gasteiger partial charge in [-0.15, -0.1) is 0 Å². The molecule has 3 aromatic rings. The van der Waals surface area contributed by atoms with E-state index in [1.165, 1.54) is 11.3 Å². The Hall–Kier alpha value is -2.93. The number of carbonyl (C=O) groups is 1. The molecular formula is C19H20N4O2S. The summed E-state index contributed by atoms with van der Waals surface area (Å²) in [6.45, 7) is 4.34. The fraction of sp³-hybridized carbons (Fsp3) is 0.211. The Morgan fingerprint density at radius 2 is 2.04 bits per heavy atom. The number of rotatable bonds is 7. The van der Waals surface area contributed by atoms with E-state index in [0.717, 1.165) is 21.5 Å². The van der Waals surface area contributed by atoms with Crippen molar-refractivity contribution in [2.45, 2.75) is 19.9 Å². The zero-order chi connectivity index (χ0) is 18.4. The van der Waals surface area contributed by atoms with Crippen LogP contribution in [0.4, 0.5) is 5.13 Å². The summed E-state index contributed by atoms with van der Waals surface area (Å²) in [6.07, 6.45) is 1.60. The van der Waals surface area contributed by atoms with Crippen molar-refractivity contribution >= 4 is 38.8 Å². The van der Waals surface area contributed by atoms with Crippen LogP contribution in [0.2, 0.25) is 0 Å². The number of anilines is 1. The highest BCUT2D eigenvalue weighted by Gasteiger charge is 2.14. The summed E-state index contributed by atoms with van der Waals surface area (Å²) in [5.41, 5.74) is 4.33. The number of hydrogen-bond donors (Lipinski definition) is 2. The summed E-state index contributed by atoms with van der Waals surface area (Å²) in [5.74, 6) is 0.578. The van der Waals surface area contributed by atoms with E-state index in [4.69, 9.17) is 4.74 Å². The third-order valence-electron chi connectivity index (χ3n) is 3.61. The molecule has 0 unspecified atom stereocenters. The van der Waals surface area contributed by atoms with Crippen molar-refractivity contribution in [3.63, 3.8) is 0 Å². The smallest absolute Gasteiger partial charge is 0.262 e. The molecule has 134 valence electrons. The van der Waals surface area contributed by atoms with Gasteiger partial charge < -0.3 is 10.1 Å². The van der Waals surface area contributed by atoms with E-state index in [9.17, 15) is 4.79 Å². The van der Waals surface area contributed by atoms with Gasteiger partial charge in [0.1, 0.15) is 11.8 Å². The molecule has 1 heterocycles. The zero-order valence-corrected chi connectivity index (χ0v) is 15.4. The van der Waals surface area contributed by atoms with Gasteiger partial charge in [0.15, 0.2) is 5.13 Å². The van der Waals surface area contributed by atoms with Crippen LogP contribution in [0.3, 0.4) is 0 Å². The molecule has 0 bridgehead atoms. The van der Waals surface area contributed by atoms with E-state index in [1.54, 1.807) is 13.1 Å². The highest BCUT2D eigenvalue weighted by atomic mass is 32.1. The summed E-state index contributed by atoms with van der Waals surface area (Å²) >= 11 is 1.52. The van der Waals surface area contributed by atoms with Crippen molar-refractivity contribution in [1.29, 1.82) is 0 Å². The summed E-state index contributed by atoms with van der Waals surface area (Å²) in [7, 11) is 0. The summed E-state index contributed by atoms with van der Waals surface area (Å²) in [5, 5.41) is 7.82. The number of ether oxygens (including phenoxy) is 1. The van der Waals surface area contributed by atoms with Gasteiger partial charge in [0.05, 0.1) is 23.0 Å². The first-order valence-corrected chi connectivity index (χ1v) is 9.15. The molecule has 0 spiro atoms. The number of benzene rings is 2. The molecule has 0 radical (unpaired) electrons. The zero-order valence-electron chi connectivity index (χ0n) is 14.6. The summed E-state index contributed by atoms with van der Waals surface area (Å²) in [4.78, 5) is 16.6. The lowest BCUT2D eigenvalue weighted by atomic mass is 10.2. The molecule has 1 amide bonds. The molecular weight excluding hydrogens is 348 g/mol. The van der Waals surface area contributed by atoms with Gasteiger partial charge in [0.25, 0.3) is 5.91 Å². The Bertz CT molecular complexity index is 872. The van der Waals surface area contributed by atoms with Crippen LogP contribution < -0.4 is 15.5 Å². The third-order valence-corrected chi connectivity index (χ3v) is 4.57. The minimum atomic E-state index is -0.451. The molecule has 2 N–H and O–H groups in total. The Labute approximate surface area is 155 Å². The summed E-state index contributed by atoms with van der Waals surface area (Å²) in [6, 6.07) is 14.9. The fourth-order valence-electron chi connectivity index (χ4n) is 2.27. The van der Waals surface area contributed by atoms with Crippen molar-refractivity contribution < 1.29 is 9.53 Å². The maximum Gasteiger partial charge on any atom is 0.262 e. The first-order valence-electron chi connectivity index (χ1n) is 8.33. The van der Waals surface area contributed by atoms with E-state index in [2.05, 4.69) is 20.8 Å². The van der Waals surface area contributed by atoms with Gasteiger partial charge in [-0.1, -0.05) is 23.5 Å². The van der Waals surface area contributed by atoms with Crippen molar-refractivity contribution in [3.05, 3.63) is 54.1 Å². The number of aromatic nitrogens is 1. The Morgan fingerprint density at radius 3 is 2.77 bits per heavy atom. The number of para-hydroxylation sites is 1. The Balaban J connectivity index is 1.53. The lowest BCUT2D eigenvalue weighted by molar-refractivity contribution is -0.121. The molecule has 0 saturated heterocycles. The Morgan fingerprint density at radius 1 is 1.27 bits per heavy atom. The monoisotopic (exact) mass is 368 g/mol. The van der Waals surface area contributed by atoms with E-state index in [-0.39, 0.29) is 5.91 Å². The van der Waals surface area contributed by atoms with E-state index >= 15 is 0 Å². The van der Waals surface area contributed by atoms with Crippen LogP contribution in [-0.2, 0) is 4.79 Å². The number of hydrogen-bond acceptors (Lipinski definition) is 6. The standard InChI is InChI=1S/C19H20N4O2S/c1-3-25-15-10-8-14(9-11-15)12-20-23-18(24)13(2)21-19-22-16-6-4-5-7-17(16)26-19/h4-13H,3H2,1-2H3,(H,21,22)(H,23,24)/b20-12-/t13-/m1/s1. The SMILES string of the molecule is CCOc1ccc(/C=N\NC(=O)[C@@H](C)Nc2nc3ccccc3s2)cc1. The minimum Gasteiger partial charge on any atom is -0.494 e. The minimum absolute atomic E-state index is 0.230. The lowest BCUT2D eigenvalue weighted by Crippen LogP contribution is -2.34. The molecule has 26 heavy (non-hydrogen) atoms. The number of nitrogens with zero attached hydrogens (tertiary/aromatic N) is 2. The van der Waals surface area contributed by atoms with Gasteiger partial charge in [-0.05, 0) is 55.8 Å². The predicted octanol–water partition coefficient (Wildman–Crippen LogP) is 3.65. The molecule has 0 aliphatic carbocycles. The van der Waals surface area contributed by atoms with E-state index < -0.39 is 6.04 Å². The molecule has 7 heteroatoms. The fourth-order valence-corrected chi connectivity index (χ4v) is 3.22. The average Bonchev–Trinajstić information content (AvgIpc) is 3.05. The van der Waals surface area contributed by atoms with Gasteiger partial charge in [-0.3, -0.25) is 4.79 Å². The van der Waals surface area contributed by atoms with Crippen LogP contribution in [0.1, 0.15) is 19.4 Å². The Kier molecular flexibility index (Phi) is 5.80. The molecule has 6 nitrogen and oxygen atoms in total. The highest BCUT2D eigenvalue weighted by Crippen LogP contribution is 2.25. The normalized spacial score (nSPS) is 12.2.